The molecule has 0 saturated carbocycles. The molecule has 0 amide bonds. The fourth-order valence-corrected chi connectivity index (χ4v) is 3.70. The Morgan fingerprint density at radius 1 is 1.12 bits per heavy atom. The number of anilines is 1. The van der Waals surface area contributed by atoms with Crippen LogP contribution in [-0.2, 0) is 16.3 Å². The van der Waals surface area contributed by atoms with Crippen LogP contribution < -0.4 is 5.32 Å². The van der Waals surface area contributed by atoms with E-state index in [9.17, 15) is 8.42 Å². The van der Waals surface area contributed by atoms with Crippen molar-refractivity contribution in [3.63, 3.8) is 0 Å². The third-order valence-corrected chi connectivity index (χ3v) is 5.56. The number of nitrogens with zero attached hydrogens (tertiary/aromatic N) is 2. The molecule has 26 heavy (non-hydrogen) atoms. The Morgan fingerprint density at radius 3 is 2.54 bits per heavy atom. The summed E-state index contributed by atoms with van der Waals surface area (Å²) >= 11 is 6.28. The monoisotopic (exact) mass is 389 g/mol. The molecule has 1 heterocycles. The van der Waals surface area contributed by atoms with Gasteiger partial charge in [-0.1, -0.05) is 29.8 Å². The van der Waals surface area contributed by atoms with Gasteiger partial charge < -0.3 is 5.32 Å². The Hall–Kier alpha value is -2.18. The number of hydrogen-bond acceptors (Lipinski definition) is 5. The number of nitrogens with one attached hydrogen (secondary N) is 1. The quantitative estimate of drug-likeness (QED) is 0.710. The highest BCUT2D eigenvalue weighted by Crippen LogP contribution is 2.28. The number of sulfone groups is 1. The lowest BCUT2D eigenvalue weighted by atomic mass is 9.94. The maximum atomic E-state index is 11.9. The lowest BCUT2D eigenvalue weighted by molar-refractivity contribution is 0.562. The van der Waals surface area contributed by atoms with Crippen LogP contribution in [0.25, 0.3) is 10.9 Å². The topological polar surface area (TPSA) is 72.0 Å². The van der Waals surface area contributed by atoms with Gasteiger partial charge in [0.05, 0.1) is 10.4 Å². The molecule has 0 spiro atoms. The molecule has 0 unspecified atom stereocenters. The van der Waals surface area contributed by atoms with E-state index in [0.717, 1.165) is 5.56 Å². The molecular formula is C19H20ClN3O2S. The summed E-state index contributed by atoms with van der Waals surface area (Å²) in [5.41, 5.74) is 1.36. The van der Waals surface area contributed by atoms with Gasteiger partial charge in [0.25, 0.3) is 0 Å². The third-order valence-electron chi connectivity index (χ3n) is 4.08. The van der Waals surface area contributed by atoms with Crippen molar-refractivity contribution < 1.29 is 8.42 Å². The van der Waals surface area contributed by atoms with Gasteiger partial charge in [-0.05, 0) is 50.1 Å². The van der Waals surface area contributed by atoms with E-state index in [2.05, 4.69) is 15.3 Å². The van der Waals surface area contributed by atoms with Crippen LogP contribution in [0.3, 0.4) is 0 Å². The maximum Gasteiger partial charge on any atom is 0.175 e. The van der Waals surface area contributed by atoms with Crippen molar-refractivity contribution in [1.29, 1.82) is 0 Å². The predicted octanol–water partition coefficient (Wildman–Crippen LogP) is 4.12. The van der Waals surface area contributed by atoms with E-state index in [4.69, 9.17) is 11.6 Å². The molecule has 0 atom stereocenters. The Morgan fingerprint density at radius 2 is 1.85 bits per heavy atom. The maximum absolute atomic E-state index is 11.9. The number of fused-ring (bicyclic) bond motifs is 1. The molecule has 1 N–H and O–H groups in total. The van der Waals surface area contributed by atoms with Gasteiger partial charge >= 0.3 is 0 Å². The lowest BCUT2D eigenvalue weighted by Crippen LogP contribution is -2.34. The van der Waals surface area contributed by atoms with E-state index in [-0.39, 0.29) is 10.4 Å². The Kier molecular flexibility index (Phi) is 4.90. The third kappa shape index (κ3) is 4.14. The first-order valence-corrected chi connectivity index (χ1v) is 10.4. The highest BCUT2D eigenvalue weighted by atomic mass is 35.5. The average Bonchev–Trinajstić information content (AvgIpc) is 2.55. The summed E-state index contributed by atoms with van der Waals surface area (Å²) in [4.78, 5) is 8.80. The van der Waals surface area contributed by atoms with Crippen LogP contribution >= 0.6 is 11.6 Å². The fourth-order valence-electron chi connectivity index (χ4n) is 2.85. The fraction of sp³-hybridized carbons (Fsp3) is 0.263. The standard InChI is InChI=1S/C19H20ClN3O2S/c1-19(2,11-13-6-4-5-7-16(13)20)23-18-15-10-14(26(3,24)25)8-9-17(15)21-12-22-18/h4-10,12H,11H2,1-3H3,(H,21,22,23). The second-order valence-electron chi connectivity index (χ2n) is 6.95. The van der Waals surface area contributed by atoms with Gasteiger partial charge in [-0.25, -0.2) is 18.4 Å². The molecule has 0 saturated heterocycles. The van der Waals surface area contributed by atoms with Crippen molar-refractivity contribution in [2.24, 2.45) is 0 Å². The summed E-state index contributed by atoms with van der Waals surface area (Å²) in [6.07, 6.45) is 3.34. The summed E-state index contributed by atoms with van der Waals surface area (Å²) in [7, 11) is -3.31. The van der Waals surface area contributed by atoms with Crippen LogP contribution in [0.4, 0.5) is 5.82 Å². The van der Waals surface area contributed by atoms with Crippen molar-refractivity contribution in [3.05, 3.63) is 59.4 Å². The van der Waals surface area contributed by atoms with Crippen molar-refractivity contribution in [1.82, 2.24) is 9.97 Å². The zero-order chi connectivity index (χ0) is 18.9. The second kappa shape index (κ2) is 6.85. The Bertz CT molecular complexity index is 1070. The molecule has 0 radical (unpaired) electrons. The number of halogens is 1. The molecule has 0 fully saturated rings. The lowest BCUT2D eigenvalue weighted by Gasteiger charge is -2.28. The summed E-state index contributed by atoms with van der Waals surface area (Å²) in [5, 5.41) is 4.80. The van der Waals surface area contributed by atoms with Gasteiger partial charge in [0.2, 0.25) is 0 Å². The van der Waals surface area contributed by atoms with Gasteiger partial charge in [0.1, 0.15) is 12.1 Å². The van der Waals surface area contributed by atoms with Crippen molar-refractivity contribution in [3.8, 4) is 0 Å². The second-order valence-corrected chi connectivity index (χ2v) is 9.37. The van der Waals surface area contributed by atoms with Crippen molar-refractivity contribution in [2.45, 2.75) is 30.7 Å². The zero-order valence-electron chi connectivity index (χ0n) is 14.8. The molecule has 5 nitrogen and oxygen atoms in total. The van der Waals surface area contributed by atoms with Crippen LogP contribution in [0.15, 0.2) is 53.7 Å². The van der Waals surface area contributed by atoms with Crippen LogP contribution in [0.5, 0.6) is 0 Å². The van der Waals surface area contributed by atoms with Gasteiger partial charge in [0, 0.05) is 22.2 Å². The predicted molar refractivity (Wildman–Crippen MR) is 106 cm³/mol. The minimum atomic E-state index is -3.31. The highest BCUT2D eigenvalue weighted by molar-refractivity contribution is 7.90. The van der Waals surface area contributed by atoms with Crippen LogP contribution in [0, 0.1) is 0 Å². The normalized spacial score (nSPS) is 12.3. The number of benzene rings is 2. The van der Waals surface area contributed by atoms with E-state index in [0.29, 0.717) is 28.2 Å². The molecule has 0 aliphatic heterocycles. The first kappa shape index (κ1) is 18.6. The molecule has 0 aliphatic carbocycles. The molecule has 136 valence electrons. The highest BCUT2D eigenvalue weighted by Gasteiger charge is 2.22. The van der Waals surface area contributed by atoms with E-state index < -0.39 is 9.84 Å². The molecule has 0 bridgehead atoms. The summed E-state index contributed by atoms with van der Waals surface area (Å²) < 4.78 is 23.8. The number of aromatic nitrogens is 2. The van der Waals surface area contributed by atoms with Gasteiger partial charge in [-0.15, -0.1) is 0 Å². The minimum Gasteiger partial charge on any atom is -0.364 e. The average molecular weight is 390 g/mol. The molecule has 2 aromatic carbocycles. The summed E-state index contributed by atoms with van der Waals surface area (Å²) in [5.74, 6) is 0.595. The largest absolute Gasteiger partial charge is 0.364 e. The molecule has 1 aromatic heterocycles. The number of rotatable bonds is 5. The Balaban J connectivity index is 1.98. The molecule has 3 rings (SSSR count). The smallest absolute Gasteiger partial charge is 0.175 e. The van der Waals surface area contributed by atoms with Gasteiger partial charge in [-0.2, -0.15) is 0 Å². The number of hydrogen-bond donors (Lipinski definition) is 1. The van der Waals surface area contributed by atoms with E-state index in [1.54, 1.807) is 18.2 Å². The van der Waals surface area contributed by atoms with Gasteiger partial charge in [-0.3, -0.25) is 0 Å². The minimum absolute atomic E-state index is 0.242. The summed E-state index contributed by atoms with van der Waals surface area (Å²) in [6.45, 7) is 4.09. The van der Waals surface area contributed by atoms with E-state index in [1.165, 1.54) is 12.6 Å². The Labute approximate surface area is 158 Å². The summed E-state index contributed by atoms with van der Waals surface area (Å²) in [6, 6.07) is 12.6. The van der Waals surface area contributed by atoms with E-state index in [1.807, 2.05) is 38.1 Å². The molecule has 7 heteroatoms. The first-order valence-electron chi connectivity index (χ1n) is 8.12. The van der Waals surface area contributed by atoms with Gasteiger partial charge in [0.15, 0.2) is 9.84 Å². The molecular weight excluding hydrogens is 370 g/mol. The van der Waals surface area contributed by atoms with Crippen LogP contribution in [0.2, 0.25) is 5.02 Å². The van der Waals surface area contributed by atoms with Crippen LogP contribution in [0.1, 0.15) is 19.4 Å². The zero-order valence-corrected chi connectivity index (χ0v) is 16.4. The van der Waals surface area contributed by atoms with Crippen molar-refractivity contribution >= 4 is 38.2 Å². The molecule has 3 aromatic rings. The first-order chi connectivity index (χ1) is 12.2. The van der Waals surface area contributed by atoms with Crippen molar-refractivity contribution in [2.75, 3.05) is 11.6 Å². The van der Waals surface area contributed by atoms with E-state index >= 15 is 0 Å². The molecule has 0 aliphatic rings. The van der Waals surface area contributed by atoms with Crippen LogP contribution in [-0.4, -0.2) is 30.2 Å². The SMILES string of the molecule is CC(C)(Cc1ccccc1Cl)Nc1ncnc2ccc(S(C)(=O)=O)cc12.